The summed E-state index contributed by atoms with van der Waals surface area (Å²) in [7, 11) is 0. The average Bonchev–Trinajstić information content (AvgIpc) is 2.47. The standard InChI is InChI=1S/C6H2Cl2N4O2/c7-5-3-1-2-4(12(13)14)11(3)10-6(8)9-5/h1-2H. The van der Waals surface area contributed by atoms with Crippen LogP contribution in [0.15, 0.2) is 12.1 Å². The third-order valence-corrected chi connectivity index (χ3v) is 2.05. The molecule has 14 heavy (non-hydrogen) atoms. The van der Waals surface area contributed by atoms with Crippen LogP contribution < -0.4 is 0 Å². The Balaban J connectivity index is 2.85. The second-order valence-corrected chi connectivity index (χ2v) is 3.11. The van der Waals surface area contributed by atoms with Crippen molar-refractivity contribution in [2.75, 3.05) is 0 Å². The molecule has 2 aromatic heterocycles. The van der Waals surface area contributed by atoms with E-state index in [1.807, 2.05) is 0 Å². The number of hydrogen-bond acceptors (Lipinski definition) is 4. The van der Waals surface area contributed by atoms with Gasteiger partial charge in [-0.1, -0.05) is 16.1 Å². The summed E-state index contributed by atoms with van der Waals surface area (Å²) in [5, 5.41) is 14.1. The second-order valence-electron chi connectivity index (χ2n) is 2.42. The highest BCUT2D eigenvalue weighted by Crippen LogP contribution is 2.22. The fourth-order valence-electron chi connectivity index (χ4n) is 1.06. The molecule has 0 bridgehead atoms. The van der Waals surface area contributed by atoms with Gasteiger partial charge in [-0.2, -0.15) is 4.98 Å². The quantitative estimate of drug-likeness (QED) is 0.557. The van der Waals surface area contributed by atoms with Crippen molar-refractivity contribution in [3.8, 4) is 0 Å². The van der Waals surface area contributed by atoms with Crippen molar-refractivity contribution in [3.63, 3.8) is 0 Å². The highest BCUT2D eigenvalue weighted by atomic mass is 35.5. The van der Waals surface area contributed by atoms with Crippen LogP contribution >= 0.6 is 23.2 Å². The lowest BCUT2D eigenvalue weighted by atomic mass is 10.5. The molecule has 2 aromatic rings. The van der Waals surface area contributed by atoms with Gasteiger partial charge < -0.3 is 10.1 Å². The molecule has 0 aromatic carbocycles. The summed E-state index contributed by atoms with van der Waals surface area (Å²) in [6.45, 7) is 0. The van der Waals surface area contributed by atoms with E-state index in [0.717, 1.165) is 4.52 Å². The normalized spacial score (nSPS) is 10.7. The monoisotopic (exact) mass is 232 g/mol. The van der Waals surface area contributed by atoms with Crippen LogP contribution in [0.4, 0.5) is 5.82 Å². The van der Waals surface area contributed by atoms with E-state index in [1.165, 1.54) is 12.1 Å². The predicted molar refractivity (Wildman–Crippen MR) is 49.7 cm³/mol. The van der Waals surface area contributed by atoms with Crippen LogP contribution in [0.1, 0.15) is 0 Å². The lowest BCUT2D eigenvalue weighted by Gasteiger charge is -1.94. The van der Waals surface area contributed by atoms with Crippen molar-refractivity contribution < 1.29 is 4.92 Å². The van der Waals surface area contributed by atoms with Gasteiger partial charge in [0.1, 0.15) is 0 Å². The highest BCUT2D eigenvalue weighted by molar-refractivity contribution is 6.34. The fourth-order valence-corrected chi connectivity index (χ4v) is 1.49. The minimum atomic E-state index is -0.577. The van der Waals surface area contributed by atoms with Crippen molar-refractivity contribution in [2.45, 2.75) is 0 Å². The first kappa shape index (κ1) is 9.17. The first-order valence-corrected chi connectivity index (χ1v) is 4.20. The maximum atomic E-state index is 10.5. The van der Waals surface area contributed by atoms with Crippen LogP contribution in [-0.4, -0.2) is 19.5 Å². The van der Waals surface area contributed by atoms with Crippen LogP contribution in [0.2, 0.25) is 10.4 Å². The van der Waals surface area contributed by atoms with Crippen LogP contribution in [0.5, 0.6) is 0 Å². The lowest BCUT2D eigenvalue weighted by Crippen LogP contribution is -2.00. The van der Waals surface area contributed by atoms with Gasteiger partial charge in [-0.25, -0.2) is 0 Å². The van der Waals surface area contributed by atoms with Crippen molar-refractivity contribution in [1.82, 2.24) is 14.6 Å². The van der Waals surface area contributed by atoms with Crippen LogP contribution in [-0.2, 0) is 0 Å². The number of aromatic nitrogens is 3. The molecule has 6 nitrogen and oxygen atoms in total. The van der Waals surface area contributed by atoms with Gasteiger partial charge in [0.05, 0.1) is 0 Å². The summed E-state index contributed by atoms with van der Waals surface area (Å²) in [6.07, 6.45) is 0. The molecule has 0 fully saturated rings. The molecule has 8 heteroatoms. The fraction of sp³-hybridized carbons (Fsp3) is 0. The maximum absolute atomic E-state index is 10.5. The summed E-state index contributed by atoms with van der Waals surface area (Å²) >= 11 is 11.2. The topological polar surface area (TPSA) is 73.3 Å². The van der Waals surface area contributed by atoms with Crippen molar-refractivity contribution in [2.24, 2.45) is 0 Å². The third kappa shape index (κ3) is 1.28. The average molecular weight is 233 g/mol. The van der Waals surface area contributed by atoms with Gasteiger partial charge in [0.25, 0.3) is 5.28 Å². The number of fused-ring (bicyclic) bond motifs is 1. The number of nitro groups is 1. The van der Waals surface area contributed by atoms with E-state index < -0.39 is 4.92 Å². The number of nitrogens with zero attached hydrogens (tertiary/aromatic N) is 4. The Morgan fingerprint density at radius 1 is 1.43 bits per heavy atom. The molecule has 0 saturated heterocycles. The van der Waals surface area contributed by atoms with Gasteiger partial charge in [-0.3, -0.25) is 0 Å². The van der Waals surface area contributed by atoms with E-state index in [0.29, 0.717) is 5.52 Å². The van der Waals surface area contributed by atoms with Crippen LogP contribution in [0, 0.1) is 10.1 Å². The minimum Gasteiger partial charge on any atom is -0.358 e. The van der Waals surface area contributed by atoms with Crippen LogP contribution in [0.3, 0.4) is 0 Å². The molecule has 72 valence electrons. The summed E-state index contributed by atoms with van der Waals surface area (Å²) in [4.78, 5) is 13.6. The minimum absolute atomic E-state index is 0.0816. The number of hydrogen-bond donors (Lipinski definition) is 0. The first-order chi connectivity index (χ1) is 6.59. The Bertz CT molecular complexity index is 524. The Hall–Kier alpha value is -1.40. The molecule has 0 amide bonds. The Morgan fingerprint density at radius 3 is 2.79 bits per heavy atom. The SMILES string of the molecule is O=[N+]([O-])c1ccc2c(Cl)nc(Cl)nn12. The molecule has 0 aliphatic rings. The molecule has 0 aliphatic heterocycles. The number of rotatable bonds is 1. The summed E-state index contributed by atoms with van der Waals surface area (Å²) in [5.41, 5.74) is 0.350. The molecule has 2 heterocycles. The van der Waals surface area contributed by atoms with Gasteiger partial charge in [-0.15, -0.1) is 0 Å². The van der Waals surface area contributed by atoms with E-state index >= 15 is 0 Å². The van der Waals surface area contributed by atoms with Gasteiger partial charge in [0.15, 0.2) is 10.7 Å². The summed E-state index contributed by atoms with van der Waals surface area (Å²) in [5.74, 6) is -0.203. The largest absolute Gasteiger partial charge is 0.358 e. The van der Waals surface area contributed by atoms with Gasteiger partial charge >= 0.3 is 5.82 Å². The smallest absolute Gasteiger partial charge is 0.348 e. The molecular formula is C6H2Cl2N4O2. The zero-order chi connectivity index (χ0) is 10.3. The van der Waals surface area contributed by atoms with Gasteiger partial charge in [0.2, 0.25) is 0 Å². The highest BCUT2D eigenvalue weighted by Gasteiger charge is 2.17. The molecule has 0 atom stereocenters. The molecule has 0 N–H and O–H groups in total. The van der Waals surface area contributed by atoms with Crippen molar-refractivity contribution >= 4 is 34.5 Å². The zero-order valence-corrected chi connectivity index (χ0v) is 8.03. The Morgan fingerprint density at radius 2 is 2.14 bits per heavy atom. The molecular weight excluding hydrogens is 231 g/mol. The van der Waals surface area contributed by atoms with E-state index in [1.54, 1.807) is 0 Å². The van der Waals surface area contributed by atoms with E-state index in [-0.39, 0.29) is 16.3 Å². The summed E-state index contributed by atoms with van der Waals surface area (Å²) < 4.78 is 1.04. The van der Waals surface area contributed by atoms with E-state index in [4.69, 9.17) is 23.2 Å². The van der Waals surface area contributed by atoms with Crippen LogP contribution in [0.25, 0.3) is 5.52 Å². The molecule has 0 unspecified atom stereocenters. The molecule has 2 rings (SSSR count). The number of halogens is 2. The maximum Gasteiger partial charge on any atom is 0.348 e. The molecule has 0 aliphatic carbocycles. The third-order valence-electron chi connectivity index (χ3n) is 1.61. The molecule has 0 spiro atoms. The lowest BCUT2D eigenvalue weighted by molar-refractivity contribution is -0.390. The second kappa shape index (κ2) is 3.07. The van der Waals surface area contributed by atoms with E-state index in [2.05, 4.69) is 10.1 Å². The molecule has 0 saturated carbocycles. The van der Waals surface area contributed by atoms with Crippen molar-refractivity contribution in [1.29, 1.82) is 0 Å². The molecule has 0 radical (unpaired) electrons. The summed E-state index contributed by atoms with van der Waals surface area (Å²) in [6, 6.07) is 2.74. The Kier molecular flexibility index (Phi) is 2.01. The van der Waals surface area contributed by atoms with Crippen molar-refractivity contribution in [3.05, 3.63) is 32.7 Å². The van der Waals surface area contributed by atoms with E-state index in [9.17, 15) is 10.1 Å². The zero-order valence-electron chi connectivity index (χ0n) is 6.52. The van der Waals surface area contributed by atoms with Gasteiger partial charge in [-0.05, 0) is 27.7 Å². The Labute approximate surface area is 87.2 Å². The first-order valence-electron chi connectivity index (χ1n) is 3.45. The van der Waals surface area contributed by atoms with Gasteiger partial charge in [0, 0.05) is 6.07 Å². The predicted octanol–water partition coefficient (Wildman–Crippen LogP) is 1.94.